The highest BCUT2D eigenvalue weighted by atomic mass is 32.1. The molecule has 3 rings (SSSR count). The van der Waals surface area contributed by atoms with Crippen molar-refractivity contribution in [3.8, 4) is 0 Å². The Hall–Kier alpha value is -1.38. The first-order valence-electron chi connectivity index (χ1n) is 9.67. The number of aliphatic hydroxyl groups is 1. The van der Waals surface area contributed by atoms with Crippen LogP contribution in [0, 0.1) is 0 Å². The van der Waals surface area contributed by atoms with Gasteiger partial charge in [0.1, 0.15) is 0 Å². The Balaban J connectivity index is 1.39. The van der Waals surface area contributed by atoms with Crippen molar-refractivity contribution in [1.29, 1.82) is 0 Å². The smallest absolute Gasteiger partial charge is 0.317 e. The van der Waals surface area contributed by atoms with Gasteiger partial charge >= 0.3 is 6.03 Å². The lowest BCUT2D eigenvalue weighted by Crippen LogP contribution is -2.57. The van der Waals surface area contributed by atoms with E-state index < -0.39 is 0 Å². The average molecular weight is 382 g/mol. The van der Waals surface area contributed by atoms with E-state index in [-0.39, 0.29) is 18.2 Å². The summed E-state index contributed by atoms with van der Waals surface area (Å²) >= 11 is 1.70. The summed E-state index contributed by atoms with van der Waals surface area (Å²) in [7, 11) is 0. The molecule has 0 aliphatic carbocycles. The highest BCUT2D eigenvalue weighted by Crippen LogP contribution is 2.24. The van der Waals surface area contributed by atoms with Crippen LogP contribution in [0.2, 0.25) is 0 Å². The van der Waals surface area contributed by atoms with E-state index in [1.165, 1.54) is 12.8 Å². The third-order valence-electron chi connectivity index (χ3n) is 5.12. The monoisotopic (exact) mass is 381 g/mol. The molecule has 2 aliphatic heterocycles. The second-order valence-electron chi connectivity index (χ2n) is 7.44. The molecule has 146 valence electrons. The zero-order valence-electron chi connectivity index (χ0n) is 15.9. The van der Waals surface area contributed by atoms with Crippen molar-refractivity contribution in [3.05, 3.63) is 11.1 Å². The minimum atomic E-state index is -0.332. The summed E-state index contributed by atoms with van der Waals surface area (Å²) in [6.45, 7) is 9.64. The first-order valence-corrected chi connectivity index (χ1v) is 10.5. The molecule has 2 aliphatic rings. The van der Waals surface area contributed by atoms with Gasteiger partial charge in [-0.1, -0.05) is 0 Å². The zero-order chi connectivity index (χ0) is 18.5. The van der Waals surface area contributed by atoms with Gasteiger partial charge in [0, 0.05) is 63.7 Å². The zero-order valence-corrected chi connectivity index (χ0v) is 16.7. The van der Waals surface area contributed by atoms with Gasteiger partial charge in [0.05, 0.1) is 11.8 Å². The second-order valence-corrected chi connectivity index (χ2v) is 8.27. The fourth-order valence-corrected chi connectivity index (χ4v) is 4.58. The van der Waals surface area contributed by atoms with Crippen molar-refractivity contribution in [1.82, 2.24) is 20.1 Å². The van der Waals surface area contributed by atoms with E-state index in [1.54, 1.807) is 18.3 Å². The molecular weight excluding hydrogens is 350 g/mol. The van der Waals surface area contributed by atoms with Crippen LogP contribution in [0.5, 0.6) is 0 Å². The van der Waals surface area contributed by atoms with E-state index in [9.17, 15) is 9.90 Å². The molecule has 0 spiro atoms. The van der Waals surface area contributed by atoms with Crippen LogP contribution < -0.4 is 10.2 Å². The highest BCUT2D eigenvalue weighted by molar-refractivity contribution is 7.13. The van der Waals surface area contributed by atoms with Crippen LogP contribution in [-0.4, -0.2) is 83.9 Å². The molecule has 2 saturated heterocycles. The van der Waals surface area contributed by atoms with Crippen molar-refractivity contribution in [3.63, 3.8) is 0 Å². The second kappa shape index (κ2) is 9.01. The maximum absolute atomic E-state index is 12.4. The number of carbonyl (C=O) groups is 1. The van der Waals surface area contributed by atoms with Crippen LogP contribution in [0.1, 0.15) is 32.4 Å². The predicted octanol–water partition coefficient (Wildman–Crippen LogP) is 1.38. The lowest BCUT2D eigenvalue weighted by Gasteiger charge is -2.40. The molecule has 1 aromatic heterocycles. The fraction of sp³-hybridized carbons (Fsp3) is 0.778. The molecule has 8 heteroatoms. The van der Waals surface area contributed by atoms with Crippen LogP contribution in [0.15, 0.2) is 5.38 Å². The first-order chi connectivity index (χ1) is 12.5. The van der Waals surface area contributed by atoms with E-state index in [0.29, 0.717) is 26.2 Å². The van der Waals surface area contributed by atoms with Gasteiger partial charge in [-0.2, -0.15) is 0 Å². The van der Waals surface area contributed by atoms with Crippen LogP contribution in [0.3, 0.4) is 0 Å². The molecule has 3 heterocycles. The van der Waals surface area contributed by atoms with Gasteiger partial charge < -0.3 is 20.2 Å². The maximum atomic E-state index is 12.4. The number of hydrogen-bond acceptors (Lipinski definition) is 6. The Morgan fingerprint density at radius 1 is 1.38 bits per heavy atom. The van der Waals surface area contributed by atoms with Crippen molar-refractivity contribution < 1.29 is 9.90 Å². The van der Waals surface area contributed by atoms with E-state index in [2.05, 4.69) is 27.4 Å². The van der Waals surface area contributed by atoms with Gasteiger partial charge in [0.2, 0.25) is 0 Å². The minimum absolute atomic E-state index is 0.00328. The normalized spacial score (nSPS) is 22.7. The number of nitrogens with one attached hydrogen (secondary N) is 1. The Morgan fingerprint density at radius 2 is 2.15 bits per heavy atom. The number of urea groups is 1. The fourth-order valence-electron chi connectivity index (χ4n) is 3.66. The Kier molecular flexibility index (Phi) is 6.72. The number of hydrogen-bond donors (Lipinski definition) is 2. The molecule has 0 aromatic carbocycles. The van der Waals surface area contributed by atoms with Gasteiger partial charge in [0.15, 0.2) is 5.13 Å². The Labute approximate surface area is 160 Å². The molecule has 0 unspecified atom stereocenters. The van der Waals surface area contributed by atoms with Crippen LogP contribution in [-0.2, 0) is 6.42 Å². The Bertz CT molecular complexity index is 588. The molecule has 2 fully saturated rings. The van der Waals surface area contributed by atoms with E-state index >= 15 is 0 Å². The summed E-state index contributed by atoms with van der Waals surface area (Å²) in [6.07, 6.45) is 2.96. The molecule has 26 heavy (non-hydrogen) atoms. The first kappa shape index (κ1) is 19.4. The summed E-state index contributed by atoms with van der Waals surface area (Å²) in [5.41, 5.74) is 1.06. The summed E-state index contributed by atoms with van der Waals surface area (Å²) in [4.78, 5) is 23.6. The molecule has 2 atom stereocenters. The molecule has 7 nitrogen and oxygen atoms in total. The number of β-amino-alcohol motifs (C(OH)–C–C–N with tert-alkyl or cyclic N) is 1. The molecule has 1 aromatic rings. The summed E-state index contributed by atoms with van der Waals surface area (Å²) in [5.74, 6) is 0. The number of anilines is 1. The predicted molar refractivity (Wildman–Crippen MR) is 105 cm³/mol. The maximum Gasteiger partial charge on any atom is 0.317 e. The topological polar surface area (TPSA) is 71.9 Å². The highest BCUT2D eigenvalue weighted by Gasteiger charge is 2.27. The van der Waals surface area contributed by atoms with Crippen LogP contribution in [0.25, 0.3) is 0 Å². The van der Waals surface area contributed by atoms with Gasteiger partial charge in [0.25, 0.3) is 0 Å². The average Bonchev–Trinajstić information content (AvgIpc) is 3.27. The van der Waals surface area contributed by atoms with Gasteiger partial charge in [-0.3, -0.25) is 4.90 Å². The number of carbonyl (C=O) groups excluding carboxylic acids is 1. The standard InChI is InChI=1S/C18H31N5O2S/c1-14-11-23(10-9-22(14)12-15(2)24)17(25)19-6-5-16-13-26-18(20-16)21-7-3-4-8-21/h13-15,24H,3-12H2,1-2H3,(H,19,25)/t14-,15+/m1/s1. The summed E-state index contributed by atoms with van der Waals surface area (Å²) < 4.78 is 0. The van der Waals surface area contributed by atoms with E-state index in [4.69, 9.17) is 4.98 Å². The minimum Gasteiger partial charge on any atom is -0.392 e. The molecule has 2 amide bonds. The Morgan fingerprint density at radius 3 is 2.85 bits per heavy atom. The SMILES string of the molecule is C[C@H](O)CN1CCN(C(=O)NCCc2csc(N3CCCC3)n2)C[C@H]1C. The quantitative estimate of drug-likeness (QED) is 0.779. The van der Waals surface area contributed by atoms with Gasteiger partial charge in [-0.25, -0.2) is 9.78 Å². The molecular formula is C18H31N5O2S. The number of rotatable bonds is 6. The van der Waals surface area contributed by atoms with Gasteiger partial charge in [-0.05, 0) is 26.7 Å². The van der Waals surface area contributed by atoms with Crippen LogP contribution >= 0.6 is 11.3 Å². The number of aliphatic hydroxyl groups excluding tert-OH is 1. The lowest BCUT2D eigenvalue weighted by molar-refractivity contribution is 0.0567. The van der Waals surface area contributed by atoms with Crippen molar-refractivity contribution in [2.45, 2.75) is 45.3 Å². The van der Waals surface area contributed by atoms with E-state index in [1.807, 2.05) is 4.90 Å². The number of amides is 2. The molecule has 0 saturated carbocycles. The summed E-state index contributed by atoms with van der Waals surface area (Å²) in [5, 5.41) is 15.8. The molecule has 2 N–H and O–H groups in total. The molecule has 0 radical (unpaired) electrons. The van der Waals surface area contributed by atoms with E-state index in [0.717, 1.165) is 36.9 Å². The van der Waals surface area contributed by atoms with Crippen molar-refractivity contribution in [2.24, 2.45) is 0 Å². The largest absolute Gasteiger partial charge is 0.392 e. The van der Waals surface area contributed by atoms with Crippen molar-refractivity contribution >= 4 is 22.5 Å². The lowest BCUT2D eigenvalue weighted by atomic mass is 10.2. The summed E-state index contributed by atoms with van der Waals surface area (Å²) in [6, 6.07) is 0.272. The van der Waals surface area contributed by atoms with Gasteiger partial charge in [-0.15, -0.1) is 11.3 Å². The number of piperazine rings is 1. The number of nitrogens with zero attached hydrogens (tertiary/aromatic N) is 4. The third-order valence-corrected chi connectivity index (χ3v) is 6.07. The third kappa shape index (κ3) is 5.08. The number of aromatic nitrogens is 1. The van der Waals surface area contributed by atoms with Crippen molar-refractivity contribution in [2.75, 3.05) is 50.7 Å². The number of thiazole rings is 1. The van der Waals surface area contributed by atoms with Crippen LogP contribution in [0.4, 0.5) is 9.93 Å². The molecule has 0 bridgehead atoms.